The Morgan fingerprint density at radius 2 is 1.82 bits per heavy atom. The summed E-state index contributed by atoms with van der Waals surface area (Å²) in [7, 11) is 0. The van der Waals surface area contributed by atoms with Gasteiger partial charge in [0.05, 0.1) is 12.2 Å². The smallest absolute Gasteiger partial charge is 0.410 e. The summed E-state index contributed by atoms with van der Waals surface area (Å²) in [5, 5.41) is 12.9. The van der Waals surface area contributed by atoms with Gasteiger partial charge in [0.25, 0.3) is 0 Å². The van der Waals surface area contributed by atoms with Crippen LogP contribution in [-0.4, -0.2) is 50.0 Å². The number of hydrogen-bond acceptors (Lipinski definition) is 6. The van der Waals surface area contributed by atoms with Gasteiger partial charge in [0.1, 0.15) is 11.5 Å². The van der Waals surface area contributed by atoms with Gasteiger partial charge in [0.15, 0.2) is 5.78 Å². The first-order valence-electron chi connectivity index (χ1n) is 12.7. The maximum absolute atomic E-state index is 13.0. The van der Waals surface area contributed by atoms with Crippen molar-refractivity contribution in [1.29, 1.82) is 0 Å². The van der Waals surface area contributed by atoms with Crippen LogP contribution < -0.4 is 5.32 Å². The number of ketones is 1. The topological polar surface area (TPSA) is 125 Å². The van der Waals surface area contributed by atoms with Crippen molar-refractivity contribution in [3.05, 3.63) is 89.5 Å². The molecular formula is C29H36N4O5. The van der Waals surface area contributed by atoms with Crippen LogP contribution in [0.5, 0.6) is 0 Å². The molecule has 0 spiro atoms. The quantitative estimate of drug-likeness (QED) is 0.168. The van der Waals surface area contributed by atoms with Crippen molar-refractivity contribution in [3.63, 3.8) is 0 Å². The van der Waals surface area contributed by atoms with Crippen LogP contribution in [0.4, 0.5) is 4.79 Å². The fraction of sp³-hybridized carbons (Fsp3) is 0.379. The molecule has 3 N–H and O–H groups in total. The molecule has 1 amide bonds. The summed E-state index contributed by atoms with van der Waals surface area (Å²) in [6.45, 7) is 7.18. The molecule has 2 aromatic heterocycles. The van der Waals surface area contributed by atoms with E-state index in [0.29, 0.717) is 25.1 Å². The van der Waals surface area contributed by atoms with Crippen LogP contribution in [0.15, 0.2) is 67.0 Å². The lowest BCUT2D eigenvalue weighted by Crippen LogP contribution is -2.36. The Balaban J connectivity index is 1.61. The lowest BCUT2D eigenvalue weighted by atomic mass is 9.93. The van der Waals surface area contributed by atoms with Gasteiger partial charge in [-0.15, -0.1) is 0 Å². The number of ether oxygens (including phenoxy) is 1. The fourth-order valence-electron chi connectivity index (χ4n) is 3.89. The Labute approximate surface area is 223 Å². The molecule has 2 heterocycles. The minimum Gasteiger partial charge on any atom is -0.481 e. The first-order chi connectivity index (χ1) is 18.1. The Morgan fingerprint density at radius 3 is 2.42 bits per heavy atom. The first kappa shape index (κ1) is 28.6. The number of aliphatic carboxylic acids is 1. The molecule has 3 aromatic rings. The molecule has 9 nitrogen and oxygen atoms in total. The third-order valence-electron chi connectivity index (χ3n) is 5.78. The molecule has 1 atom stereocenters. The summed E-state index contributed by atoms with van der Waals surface area (Å²) in [5.41, 5.74) is 2.22. The van der Waals surface area contributed by atoms with Crippen LogP contribution in [0.1, 0.15) is 60.9 Å². The summed E-state index contributed by atoms with van der Waals surface area (Å²) < 4.78 is 5.57. The van der Waals surface area contributed by atoms with Crippen LogP contribution in [0.25, 0.3) is 0 Å². The Morgan fingerprint density at radius 1 is 1.05 bits per heavy atom. The van der Waals surface area contributed by atoms with E-state index in [9.17, 15) is 19.5 Å². The number of aromatic nitrogens is 2. The number of H-pyrrole nitrogens is 1. The predicted molar refractivity (Wildman–Crippen MR) is 143 cm³/mol. The van der Waals surface area contributed by atoms with Crippen molar-refractivity contribution in [3.8, 4) is 0 Å². The van der Waals surface area contributed by atoms with E-state index in [1.165, 1.54) is 0 Å². The van der Waals surface area contributed by atoms with Gasteiger partial charge >= 0.3 is 12.1 Å². The summed E-state index contributed by atoms with van der Waals surface area (Å²) in [5.74, 6) is -2.67. The minimum absolute atomic E-state index is 0.240. The number of carbonyl (C=O) groups is 3. The van der Waals surface area contributed by atoms with E-state index in [2.05, 4.69) is 15.3 Å². The average Bonchev–Trinajstić information content (AvgIpc) is 3.39. The number of amides is 1. The van der Waals surface area contributed by atoms with Crippen LogP contribution in [0.2, 0.25) is 0 Å². The summed E-state index contributed by atoms with van der Waals surface area (Å²) in [6.07, 6.45) is 3.83. The number of pyridine rings is 1. The van der Waals surface area contributed by atoms with Crippen molar-refractivity contribution < 1.29 is 24.2 Å². The Bertz CT molecular complexity index is 1170. The van der Waals surface area contributed by atoms with Crippen molar-refractivity contribution >= 4 is 17.8 Å². The molecule has 0 aliphatic heterocycles. The standard InChI is InChI=1S/C29H36N4O5/c1-29(2,3)38-28(37)33(20-24-8-4-5-16-32-24)19-21-11-13-22(14-12-21)26(34)25(27(35)36)10-7-15-30-18-23-9-6-17-31-23/h4-6,8-9,11-14,16-17,25,30-31H,7,10,15,18-20H2,1-3H3,(H,35,36)/t25-/m0/s1. The van der Waals surface area contributed by atoms with E-state index in [-0.39, 0.29) is 19.5 Å². The molecule has 0 unspecified atom stereocenters. The molecule has 0 saturated carbocycles. The maximum atomic E-state index is 13.0. The van der Waals surface area contributed by atoms with Crippen LogP contribution in [-0.2, 0) is 29.2 Å². The van der Waals surface area contributed by atoms with E-state index in [4.69, 9.17) is 4.74 Å². The van der Waals surface area contributed by atoms with Crippen LogP contribution in [0.3, 0.4) is 0 Å². The third kappa shape index (κ3) is 9.15. The summed E-state index contributed by atoms with van der Waals surface area (Å²) in [4.78, 5) is 46.6. The highest BCUT2D eigenvalue weighted by Gasteiger charge is 2.27. The van der Waals surface area contributed by atoms with E-state index in [0.717, 1.165) is 17.0 Å². The van der Waals surface area contributed by atoms with E-state index in [1.54, 1.807) is 62.2 Å². The van der Waals surface area contributed by atoms with E-state index < -0.39 is 29.4 Å². The average molecular weight is 521 g/mol. The number of carboxylic acid groups (broad SMARTS) is 1. The highest BCUT2D eigenvalue weighted by Crippen LogP contribution is 2.19. The number of aromatic amines is 1. The monoisotopic (exact) mass is 520 g/mol. The van der Waals surface area contributed by atoms with Crippen LogP contribution in [0, 0.1) is 5.92 Å². The van der Waals surface area contributed by atoms with Crippen molar-refractivity contribution in [1.82, 2.24) is 20.2 Å². The van der Waals surface area contributed by atoms with Gasteiger partial charge in [0, 0.05) is 36.7 Å². The zero-order valence-corrected chi connectivity index (χ0v) is 22.1. The van der Waals surface area contributed by atoms with Crippen molar-refractivity contribution in [2.24, 2.45) is 5.92 Å². The molecule has 1 aromatic carbocycles. The van der Waals surface area contributed by atoms with Gasteiger partial charge in [-0.3, -0.25) is 19.5 Å². The number of hydrogen-bond donors (Lipinski definition) is 3. The molecule has 0 fully saturated rings. The number of Topliss-reactive ketones (excluding diaryl/α,β-unsaturated/α-hetero) is 1. The molecule has 38 heavy (non-hydrogen) atoms. The normalized spacial score (nSPS) is 12.1. The summed E-state index contributed by atoms with van der Waals surface area (Å²) >= 11 is 0. The molecule has 9 heteroatoms. The first-order valence-corrected chi connectivity index (χ1v) is 12.7. The Kier molecular flexibility index (Phi) is 10.2. The minimum atomic E-state index is -1.13. The number of rotatable bonds is 13. The highest BCUT2D eigenvalue weighted by atomic mass is 16.6. The second-order valence-corrected chi connectivity index (χ2v) is 10.1. The largest absolute Gasteiger partial charge is 0.481 e. The predicted octanol–water partition coefficient (Wildman–Crippen LogP) is 4.80. The summed E-state index contributed by atoms with van der Waals surface area (Å²) in [6, 6.07) is 16.1. The van der Waals surface area contributed by atoms with Gasteiger partial charge in [-0.2, -0.15) is 0 Å². The maximum Gasteiger partial charge on any atom is 0.410 e. The molecule has 0 bridgehead atoms. The van der Waals surface area contributed by atoms with E-state index in [1.807, 2.05) is 30.5 Å². The van der Waals surface area contributed by atoms with E-state index >= 15 is 0 Å². The van der Waals surface area contributed by atoms with Gasteiger partial charge in [-0.25, -0.2) is 4.79 Å². The second-order valence-electron chi connectivity index (χ2n) is 10.1. The number of benzene rings is 1. The molecule has 202 valence electrons. The van der Waals surface area contributed by atoms with Crippen molar-refractivity contribution in [2.45, 2.75) is 58.8 Å². The number of carboxylic acids is 1. The lowest BCUT2D eigenvalue weighted by Gasteiger charge is -2.27. The lowest BCUT2D eigenvalue weighted by molar-refractivity contribution is -0.140. The van der Waals surface area contributed by atoms with Crippen molar-refractivity contribution in [2.75, 3.05) is 6.54 Å². The second kappa shape index (κ2) is 13.5. The molecular weight excluding hydrogens is 484 g/mol. The number of carbonyl (C=O) groups excluding carboxylic acids is 2. The van der Waals surface area contributed by atoms with Gasteiger partial charge in [-0.1, -0.05) is 30.3 Å². The number of nitrogens with one attached hydrogen (secondary N) is 2. The molecule has 0 radical (unpaired) electrons. The number of nitrogens with zero attached hydrogens (tertiary/aromatic N) is 2. The highest BCUT2D eigenvalue weighted by molar-refractivity contribution is 6.08. The molecule has 0 aliphatic rings. The van der Waals surface area contributed by atoms with Gasteiger partial charge in [-0.05, 0) is 70.0 Å². The van der Waals surface area contributed by atoms with Crippen LogP contribution >= 0.6 is 0 Å². The Hall–Kier alpha value is -3.98. The molecule has 3 rings (SSSR count). The van der Waals surface area contributed by atoms with Gasteiger partial charge < -0.3 is 20.1 Å². The SMILES string of the molecule is CC(C)(C)OC(=O)N(Cc1ccc(C(=O)[C@H](CCCNCc2ccc[nH]2)C(=O)O)cc1)Cc1ccccn1. The molecule has 0 saturated heterocycles. The zero-order chi connectivity index (χ0) is 27.5. The zero-order valence-electron chi connectivity index (χ0n) is 22.1. The fourth-order valence-corrected chi connectivity index (χ4v) is 3.89. The molecule has 0 aliphatic carbocycles. The third-order valence-corrected chi connectivity index (χ3v) is 5.78. The van der Waals surface area contributed by atoms with Gasteiger partial charge in [0.2, 0.25) is 0 Å².